The maximum absolute atomic E-state index is 14.9. The molecule has 9 amide bonds. The van der Waals surface area contributed by atoms with Crippen LogP contribution in [-0.2, 0) is 62.4 Å². The smallest absolute Gasteiger partial charge is 0.244 e. The molecule has 0 unspecified atom stereocenters. The van der Waals surface area contributed by atoms with E-state index in [-0.39, 0.29) is 62.5 Å². The lowest BCUT2D eigenvalue weighted by atomic mass is 9.99. The third-order valence-electron chi connectivity index (χ3n) is 13.1. The highest BCUT2D eigenvalue weighted by molar-refractivity contribution is 8.76. The zero-order valence-electron chi connectivity index (χ0n) is 44.7. The van der Waals surface area contributed by atoms with Crippen molar-refractivity contribution in [1.29, 1.82) is 5.41 Å². The van der Waals surface area contributed by atoms with Crippen molar-refractivity contribution in [3.05, 3.63) is 114 Å². The number of carbonyl (C=O) groups is 9. The highest BCUT2D eigenvalue weighted by atomic mass is 33.1. The molecule has 1 aliphatic heterocycles. The van der Waals surface area contributed by atoms with Gasteiger partial charge >= 0.3 is 0 Å². The fourth-order valence-corrected chi connectivity index (χ4v) is 11.2. The summed E-state index contributed by atoms with van der Waals surface area (Å²) in [6.45, 7) is 4.68. The lowest BCUT2D eigenvalue weighted by molar-refractivity contribution is -0.135. The van der Waals surface area contributed by atoms with Gasteiger partial charge in [0.15, 0.2) is 5.96 Å². The predicted molar refractivity (Wildman–Crippen MR) is 307 cm³/mol. The Labute approximate surface area is 470 Å². The second-order valence-electron chi connectivity index (χ2n) is 19.5. The van der Waals surface area contributed by atoms with Gasteiger partial charge in [0.25, 0.3) is 0 Å². The summed E-state index contributed by atoms with van der Waals surface area (Å²) in [4.78, 5) is 133. The number of fused-ring (bicyclic) bond motifs is 2. The molecule has 426 valence electrons. The van der Waals surface area contributed by atoms with Gasteiger partial charge in [-0.05, 0) is 58.9 Å². The molecule has 8 atom stereocenters. The van der Waals surface area contributed by atoms with Gasteiger partial charge in [-0.25, -0.2) is 4.98 Å². The summed E-state index contributed by atoms with van der Waals surface area (Å²) in [5.41, 5.74) is 13.1. The average molecular weight is 1140 g/mol. The average Bonchev–Trinajstić information content (AvgIpc) is 3.95. The van der Waals surface area contributed by atoms with E-state index in [9.17, 15) is 43.2 Å². The zero-order valence-corrected chi connectivity index (χ0v) is 46.4. The summed E-state index contributed by atoms with van der Waals surface area (Å²) in [6, 6.07) is 15.6. The number of hydrogen-bond acceptors (Lipinski definition) is 13. The van der Waals surface area contributed by atoms with E-state index in [1.165, 1.54) is 26.4 Å². The Morgan fingerprint density at radius 2 is 1.21 bits per heavy atom. The van der Waals surface area contributed by atoms with Gasteiger partial charge in [-0.3, -0.25) is 48.6 Å². The minimum Gasteiger partial charge on any atom is -0.370 e. The summed E-state index contributed by atoms with van der Waals surface area (Å²) in [6.07, 6.45) is 4.23. The first-order valence-electron chi connectivity index (χ1n) is 26.3. The first kappa shape index (κ1) is 61.0. The Bertz CT molecular complexity index is 3020. The van der Waals surface area contributed by atoms with Crippen molar-refractivity contribution >= 4 is 102 Å². The lowest BCUT2D eigenvalue weighted by Crippen LogP contribution is -2.61. The molecule has 0 spiro atoms. The molecule has 15 N–H and O–H groups in total. The van der Waals surface area contributed by atoms with E-state index in [0.717, 1.165) is 43.1 Å². The van der Waals surface area contributed by atoms with Crippen molar-refractivity contribution in [2.75, 3.05) is 18.1 Å². The molecular weight excluding hydrogens is 1060 g/mol. The number of hydrogen-bond donors (Lipinski definition) is 13. The standard InChI is InChI=1S/C55H70N14O9S2/c1-4-5-15-40(63-32(3)70)49(73)69-46-29-80-79-28-45(47(56)71)68-52(76)43(25-34-18-20-36-12-7-9-14-38(36)23-34)66-50(74)41(16-10-21-60-55(57)58)64-51(75)42(24-33-17-19-35-11-6-8-13-37(35)22-33)67-53(77)44(26-39-27-59-30-61-39)65-48(72)31(2)62-54(46)78/h6-9,11-14,17-20,22-23,27,30-31,40-46H,4-5,10,15-16,21,24-26,28-29H2,1-3H3,(H2,56,71)(H,59,61)(H,62,78)(H,63,70)(H,64,75)(H,65,72)(H,66,74)(H,67,77)(H,68,76)(H,69,73)(H4,57,58,60)/t31-,40+,41+,42-,43+,44+,45+,46+/m1/s1. The van der Waals surface area contributed by atoms with Crippen LogP contribution in [0.3, 0.4) is 0 Å². The number of unbranched alkanes of at least 4 members (excludes halogenated alkanes) is 1. The highest BCUT2D eigenvalue weighted by Gasteiger charge is 2.35. The molecule has 1 fully saturated rings. The molecule has 1 aliphatic rings. The predicted octanol–water partition coefficient (Wildman–Crippen LogP) is 0.996. The number of aromatic nitrogens is 2. The number of rotatable bonds is 17. The van der Waals surface area contributed by atoms with E-state index < -0.39 is 101 Å². The van der Waals surface area contributed by atoms with Crippen LogP contribution in [0.15, 0.2) is 97.5 Å². The molecule has 0 saturated carbocycles. The van der Waals surface area contributed by atoms with Crippen molar-refractivity contribution in [3.63, 3.8) is 0 Å². The van der Waals surface area contributed by atoms with Crippen LogP contribution in [0.4, 0.5) is 0 Å². The van der Waals surface area contributed by atoms with Crippen molar-refractivity contribution < 1.29 is 43.2 Å². The van der Waals surface area contributed by atoms with E-state index in [4.69, 9.17) is 16.9 Å². The van der Waals surface area contributed by atoms with Crippen LogP contribution >= 0.6 is 21.6 Å². The number of carbonyl (C=O) groups excluding carboxylic acids is 9. The highest BCUT2D eigenvalue weighted by Crippen LogP contribution is 2.24. The molecule has 80 heavy (non-hydrogen) atoms. The van der Waals surface area contributed by atoms with E-state index in [1.54, 1.807) is 12.1 Å². The summed E-state index contributed by atoms with van der Waals surface area (Å²) >= 11 is 0. The number of aromatic amines is 1. The van der Waals surface area contributed by atoms with Crippen LogP contribution in [0.1, 0.15) is 69.7 Å². The van der Waals surface area contributed by atoms with Gasteiger partial charge in [0, 0.05) is 50.4 Å². The number of nitrogens with zero attached hydrogens (tertiary/aromatic N) is 1. The Hall–Kier alpha value is -8.19. The lowest BCUT2D eigenvalue weighted by Gasteiger charge is -2.27. The third-order valence-corrected chi connectivity index (χ3v) is 15.6. The second-order valence-corrected chi connectivity index (χ2v) is 22.0. The number of primary amides is 1. The molecule has 0 radical (unpaired) electrons. The number of nitrogens with one attached hydrogen (secondary N) is 11. The molecule has 0 aliphatic carbocycles. The van der Waals surface area contributed by atoms with Crippen LogP contribution in [0.2, 0.25) is 0 Å². The monoisotopic (exact) mass is 1130 g/mol. The van der Waals surface area contributed by atoms with Crippen LogP contribution in [0, 0.1) is 5.41 Å². The maximum atomic E-state index is 14.9. The first-order chi connectivity index (χ1) is 38.4. The molecule has 23 nitrogen and oxygen atoms in total. The van der Waals surface area contributed by atoms with Crippen molar-refractivity contribution in [2.24, 2.45) is 11.5 Å². The number of imidazole rings is 1. The first-order valence-corrected chi connectivity index (χ1v) is 28.8. The maximum Gasteiger partial charge on any atom is 0.244 e. The van der Waals surface area contributed by atoms with Gasteiger partial charge < -0.3 is 64.3 Å². The molecular formula is C55H70N14O9S2. The minimum atomic E-state index is -1.40. The molecule has 1 aromatic heterocycles. The second kappa shape index (κ2) is 30.2. The quantitative estimate of drug-likeness (QED) is 0.0268. The molecule has 25 heteroatoms. The molecule has 6 rings (SSSR count). The summed E-state index contributed by atoms with van der Waals surface area (Å²) in [5.74, 6) is -7.50. The van der Waals surface area contributed by atoms with Gasteiger partial charge in [0.2, 0.25) is 53.2 Å². The fraction of sp³-hybridized carbons (Fsp3) is 0.400. The van der Waals surface area contributed by atoms with Crippen LogP contribution < -0.4 is 59.3 Å². The van der Waals surface area contributed by atoms with Crippen molar-refractivity contribution in [3.8, 4) is 0 Å². The summed E-state index contributed by atoms with van der Waals surface area (Å²) in [5, 5.41) is 35.7. The molecule has 5 aromatic rings. The van der Waals surface area contributed by atoms with Crippen LogP contribution in [0.25, 0.3) is 21.5 Å². The van der Waals surface area contributed by atoms with E-state index in [0.29, 0.717) is 29.7 Å². The molecule has 1 saturated heterocycles. The Morgan fingerprint density at radius 1 is 0.675 bits per heavy atom. The fourth-order valence-electron chi connectivity index (χ4n) is 8.81. The molecule has 2 heterocycles. The van der Waals surface area contributed by atoms with E-state index in [1.807, 2.05) is 79.7 Å². The number of nitrogens with two attached hydrogens (primary N) is 2. The van der Waals surface area contributed by atoms with Gasteiger partial charge in [0.05, 0.1) is 12.0 Å². The number of H-pyrrole nitrogens is 1. The van der Waals surface area contributed by atoms with Gasteiger partial charge in [-0.15, -0.1) is 0 Å². The number of amides is 9. The number of benzene rings is 4. The SMILES string of the molecule is CCCC[C@H](NC(C)=O)C(=O)N[C@H]1CSSC[C@@H](C(N)=O)NC(=O)[C@H](Cc2ccc3ccccc3c2)NC(=O)[C@H](CCCNC(=N)N)NC(=O)[C@@H](Cc2ccc3ccccc3c2)NC(=O)[C@H](Cc2c[nH]cn2)NC(=O)[C@@H](C)NC1=O. The number of guanidine groups is 1. The third kappa shape index (κ3) is 18.7. The van der Waals surface area contributed by atoms with Crippen LogP contribution in [-0.4, -0.2) is 135 Å². The topological polar surface area (TPSA) is 366 Å². The summed E-state index contributed by atoms with van der Waals surface area (Å²) in [7, 11) is 2.09. The van der Waals surface area contributed by atoms with E-state index >= 15 is 0 Å². The Balaban J connectivity index is 1.40. The Morgan fingerprint density at radius 3 is 1.76 bits per heavy atom. The van der Waals surface area contributed by atoms with Crippen molar-refractivity contribution in [2.45, 2.75) is 120 Å². The van der Waals surface area contributed by atoms with Gasteiger partial charge in [-0.2, -0.15) is 0 Å². The van der Waals surface area contributed by atoms with Crippen LogP contribution in [0.5, 0.6) is 0 Å². The zero-order chi connectivity index (χ0) is 57.7. The largest absolute Gasteiger partial charge is 0.370 e. The van der Waals surface area contributed by atoms with Gasteiger partial charge in [0.1, 0.15) is 48.3 Å². The minimum absolute atomic E-state index is 0.0495. The van der Waals surface area contributed by atoms with Crippen molar-refractivity contribution in [1.82, 2.24) is 57.8 Å². The molecule has 0 bridgehead atoms. The molecule has 4 aromatic carbocycles. The summed E-state index contributed by atoms with van der Waals surface area (Å²) < 4.78 is 0. The normalized spacial score (nSPS) is 21.6. The van der Waals surface area contributed by atoms with Gasteiger partial charge in [-0.1, -0.05) is 126 Å². The van der Waals surface area contributed by atoms with E-state index in [2.05, 4.69) is 57.8 Å². The Kier molecular flexibility index (Phi) is 23.1.